The lowest BCUT2D eigenvalue weighted by atomic mass is 9.95. The summed E-state index contributed by atoms with van der Waals surface area (Å²) in [6.07, 6.45) is 4.29. The Bertz CT molecular complexity index is 514. The summed E-state index contributed by atoms with van der Waals surface area (Å²) in [4.78, 5) is 4.57. The number of hydrogen-bond donors (Lipinski definition) is 1. The van der Waals surface area contributed by atoms with Crippen LogP contribution in [0.2, 0.25) is 0 Å². The van der Waals surface area contributed by atoms with Crippen molar-refractivity contribution in [1.82, 2.24) is 10.3 Å². The van der Waals surface area contributed by atoms with E-state index < -0.39 is 0 Å². The van der Waals surface area contributed by atoms with Crippen molar-refractivity contribution in [3.8, 4) is 0 Å². The van der Waals surface area contributed by atoms with E-state index in [4.69, 9.17) is 0 Å². The molecule has 0 aliphatic carbocycles. The second-order valence-electron chi connectivity index (χ2n) is 5.50. The number of para-hydroxylation sites is 1. The average molecular weight is 256 g/mol. The highest BCUT2D eigenvalue weighted by Gasteiger charge is 2.14. The minimum Gasteiger partial charge on any atom is -0.310 e. The molecule has 1 atom stereocenters. The van der Waals surface area contributed by atoms with E-state index >= 15 is 0 Å². The quantitative estimate of drug-likeness (QED) is 0.832. The molecule has 2 aromatic rings. The van der Waals surface area contributed by atoms with Crippen molar-refractivity contribution in [2.24, 2.45) is 5.92 Å². The lowest BCUT2D eigenvalue weighted by Gasteiger charge is -2.20. The molecule has 102 valence electrons. The van der Waals surface area contributed by atoms with Crippen LogP contribution in [0.25, 0.3) is 10.9 Å². The lowest BCUT2D eigenvalue weighted by Crippen LogP contribution is -2.21. The van der Waals surface area contributed by atoms with Crippen molar-refractivity contribution in [2.75, 3.05) is 6.54 Å². The number of nitrogens with one attached hydrogen (secondary N) is 1. The first-order chi connectivity index (χ1) is 9.22. The number of nitrogens with zero attached hydrogens (tertiary/aromatic N) is 1. The van der Waals surface area contributed by atoms with Gasteiger partial charge < -0.3 is 5.32 Å². The van der Waals surface area contributed by atoms with Gasteiger partial charge in [0, 0.05) is 17.6 Å². The Morgan fingerprint density at radius 3 is 2.63 bits per heavy atom. The Balaban J connectivity index is 2.32. The van der Waals surface area contributed by atoms with Gasteiger partial charge in [0.15, 0.2) is 0 Å². The van der Waals surface area contributed by atoms with Gasteiger partial charge in [-0.25, -0.2) is 0 Å². The van der Waals surface area contributed by atoms with E-state index in [1.165, 1.54) is 23.8 Å². The maximum Gasteiger partial charge on any atom is 0.0749 e. The Morgan fingerprint density at radius 2 is 1.89 bits per heavy atom. The van der Waals surface area contributed by atoms with Crippen molar-refractivity contribution in [3.05, 3.63) is 42.1 Å². The number of fused-ring (bicyclic) bond motifs is 1. The van der Waals surface area contributed by atoms with Crippen LogP contribution in [0.15, 0.2) is 36.5 Å². The highest BCUT2D eigenvalue weighted by atomic mass is 14.9. The van der Waals surface area contributed by atoms with E-state index in [-0.39, 0.29) is 0 Å². The van der Waals surface area contributed by atoms with Gasteiger partial charge in [0.2, 0.25) is 0 Å². The van der Waals surface area contributed by atoms with Gasteiger partial charge in [0.25, 0.3) is 0 Å². The van der Waals surface area contributed by atoms with Crippen LogP contribution in [-0.4, -0.2) is 11.5 Å². The van der Waals surface area contributed by atoms with E-state index in [1.54, 1.807) is 0 Å². The van der Waals surface area contributed by atoms with Crippen LogP contribution in [0.5, 0.6) is 0 Å². The molecule has 0 saturated carbocycles. The van der Waals surface area contributed by atoms with Gasteiger partial charge in [-0.3, -0.25) is 4.98 Å². The first kappa shape index (κ1) is 14.0. The minimum absolute atomic E-state index is 0.408. The summed E-state index contributed by atoms with van der Waals surface area (Å²) >= 11 is 0. The fourth-order valence-corrected chi connectivity index (χ4v) is 2.52. The van der Waals surface area contributed by atoms with E-state index in [2.05, 4.69) is 55.3 Å². The third-order valence-electron chi connectivity index (χ3n) is 3.52. The number of benzene rings is 1. The molecule has 0 radical (unpaired) electrons. The Kier molecular flexibility index (Phi) is 4.92. The normalized spacial score (nSPS) is 13.1. The topological polar surface area (TPSA) is 24.9 Å². The smallest absolute Gasteiger partial charge is 0.0749 e. The predicted octanol–water partition coefficient (Wildman–Crippen LogP) is 4.32. The molecule has 0 aliphatic heterocycles. The SMILES string of the molecule is CCNC(CCC(C)C)c1cccc2cccnc12. The summed E-state index contributed by atoms with van der Waals surface area (Å²) in [5, 5.41) is 4.84. The van der Waals surface area contributed by atoms with E-state index in [0.717, 1.165) is 18.0 Å². The summed E-state index contributed by atoms with van der Waals surface area (Å²) in [7, 11) is 0. The average Bonchev–Trinajstić information content (AvgIpc) is 2.43. The lowest BCUT2D eigenvalue weighted by molar-refractivity contribution is 0.450. The van der Waals surface area contributed by atoms with E-state index in [1.807, 2.05) is 12.3 Å². The molecule has 0 saturated heterocycles. The molecule has 0 fully saturated rings. The highest BCUT2D eigenvalue weighted by molar-refractivity contribution is 5.81. The monoisotopic (exact) mass is 256 g/mol. The van der Waals surface area contributed by atoms with Crippen LogP contribution in [-0.2, 0) is 0 Å². The largest absolute Gasteiger partial charge is 0.310 e. The Labute approximate surface area is 116 Å². The van der Waals surface area contributed by atoms with Crippen LogP contribution in [0.3, 0.4) is 0 Å². The van der Waals surface area contributed by atoms with Crippen LogP contribution in [0.4, 0.5) is 0 Å². The zero-order valence-electron chi connectivity index (χ0n) is 12.2. The van der Waals surface area contributed by atoms with Crippen LogP contribution >= 0.6 is 0 Å². The third kappa shape index (κ3) is 3.54. The molecular formula is C17H24N2. The van der Waals surface area contributed by atoms with Gasteiger partial charge in [-0.1, -0.05) is 45.0 Å². The molecule has 1 unspecified atom stereocenters. The molecule has 19 heavy (non-hydrogen) atoms. The molecule has 1 heterocycles. The van der Waals surface area contributed by atoms with Gasteiger partial charge in [-0.15, -0.1) is 0 Å². The molecule has 1 aromatic carbocycles. The van der Waals surface area contributed by atoms with Crippen molar-refractivity contribution in [1.29, 1.82) is 0 Å². The van der Waals surface area contributed by atoms with Gasteiger partial charge in [0.1, 0.15) is 0 Å². The van der Waals surface area contributed by atoms with Crippen LogP contribution in [0.1, 0.15) is 45.2 Å². The fraction of sp³-hybridized carbons (Fsp3) is 0.471. The van der Waals surface area contributed by atoms with Crippen molar-refractivity contribution >= 4 is 10.9 Å². The zero-order valence-corrected chi connectivity index (χ0v) is 12.2. The van der Waals surface area contributed by atoms with Gasteiger partial charge in [-0.05, 0) is 36.9 Å². The number of rotatable bonds is 6. The first-order valence-electron chi connectivity index (χ1n) is 7.29. The van der Waals surface area contributed by atoms with E-state index in [9.17, 15) is 0 Å². The number of pyridine rings is 1. The van der Waals surface area contributed by atoms with Gasteiger partial charge >= 0.3 is 0 Å². The Hall–Kier alpha value is -1.41. The molecule has 1 N–H and O–H groups in total. The summed E-state index contributed by atoms with van der Waals surface area (Å²) in [6, 6.07) is 11.0. The third-order valence-corrected chi connectivity index (χ3v) is 3.52. The fourth-order valence-electron chi connectivity index (χ4n) is 2.52. The molecule has 0 aliphatic rings. The second kappa shape index (κ2) is 6.67. The maximum atomic E-state index is 4.57. The number of hydrogen-bond acceptors (Lipinski definition) is 2. The summed E-state index contributed by atoms with van der Waals surface area (Å²) < 4.78 is 0. The summed E-state index contributed by atoms with van der Waals surface area (Å²) in [5.74, 6) is 0.740. The molecule has 2 rings (SSSR count). The van der Waals surface area contributed by atoms with Crippen molar-refractivity contribution < 1.29 is 0 Å². The molecule has 0 spiro atoms. The second-order valence-corrected chi connectivity index (χ2v) is 5.50. The van der Waals surface area contributed by atoms with Crippen LogP contribution < -0.4 is 5.32 Å². The van der Waals surface area contributed by atoms with Gasteiger partial charge in [0.05, 0.1) is 5.52 Å². The van der Waals surface area contributed by atoms with Crippen molar-refractivity contribution in [2.45, 2.75) is 39.7 Å². The maximum absolute atomic E-state index is 4.57. The minimum atomic E-state index is 0.408. The van der Waals surface area contributed by atoms with Crippen molar-refractivity contribution in [3.63, 3.8) is 0 Å². The molecule has 1 aromatic heterocycles. The molecule has 2 heteroatoms. The Morgan fingerprint density at radius 1 is 1.11 bits per heavy atom. The van der Waals surface area contributed by atoms with Gasteiger partial charge in [-0.2, -0.15) is 0 Å². The van der Waals surface area contributed by atoms with E-state index in [0.29, 0.717) is 6.04 Å². The molecule has 0 amide bonds. The van der Waals surface area contributed by atoms with Crippen LogP contribution in [0, 0.1) is 5.92 Å². The summed E-state index contributed by atoms with van der Waals surface area (Å²) in [5.41, 5.74) is 2.47. The molecule has 0 bridgehead atoms. The zero-order chi connectivity index (χ0) is 13.7. The summed E-state index contributed by atoms with van der Waals surface area (Å²) in [6.45, 7) is 7.72. The standard InChI is InChI=1S/C17H24N2/c1-4-18-16(11-10-13(2)3)15-9-5-7-14-8-6-12-19-17(14)15/h5-9,12-13,16,18H,4,10-11H2,1-3H3. The molecular weight excluding hydrogens is 232 g/mol. The molecule has 2 nitrogen and oxygen atoms in total. The number of aromatic nitrogens is 1. The first-order valence-corrected chi connectivity index (χ1v) is 7.29. The highest BCUT2D eigenvalue weighted by Crippen LogP contribution is 2.26. The predicted molar refractivity (Wildman–Crippen MR) is 82.2 cm³/mol.